The van der Waals surface area contributed by atoms with Crippen LogP contribution in [0.5, 0.6) is 0 Å². The number of nitrogens with one attached hydrogen (secondary N) is 1. The smallest absolute Gasteiger partial charge is 0.0503 e. The zero-order valence-electron chi connectivity index (χ0n) is 9.69. The Morgan fingerprint density at radius 2 is 2.06 bits per heavy atom. The molecule has 0 aromatic carbocycles. The Kier molecular flexibility index (Phi) is 2.45. The first kappa shape index (κ1) is 10.2. The topological polar surface area (TPSA) is 50.9 Å². The van der Waals surface area contributed by atoms with Crippen molar-refractivity contribution in [2.75, 3.05) is 0 Å². The van der Waals surface area contributed by atoms with Gasteiger partial charge in [-0.3, -0.25) is 16.3 Å². The number of fused-ring (bicyclic) bond motifs is 1. The van der Waals surface area contributed by atoms with Crippen molar-refractivity contribution in [1.29, 1.82) is 0 Å². The van der Waals surface area contributed by atoms with Gasteiger partial charge >= 0.3 is 0 Å². The number of rotatable bonds is 3. The molecule has 86 valence electrons. The van der Waals surface area contributed by atoms with Crippen LogP contribution < -0.4 is 11.3 Å². The fraction of sp³-hybridized carbons (Fsp3) is 0.615. The Bertz CT molecular complexity index is 363. The number of nitrogens with zero attached hydrogens (tertiary/aromatic N) is 1. The zero-order valence-corrected chi connectivity index (χ0v) is 9.69. The van der Waals surface area contributed by atoms with Crippen LogP contribution in [0.25, 0.3) is 0 Å². The summed E-state index contributed by atoms with van der Waals surface area (Å²) in [5.41, 5.74) is 5.28. The van der Waals surface area contributed by atoms with Gasteiger partial charge in [0.15, 0.2) is 0 Å². The lowest BCUT2D eigenvalue weighted by Crippen LogP contribution is -2.33. The quantitative estimate of drug-likeness (QED) is 0.601. The summed E-state index contributed by atoms with van der Waals surface area (Å²) >= 11 is 0. The maximum absolute atomic E-state index is 5.71. The molecule has 2 aliphatic carbocycles. The van der Waals surface area contributed by atoms with E-state index in [0.717, 1.165) is 17.5 Å². The number of nitrogens with two attached hydrogens (primary N) is 1. The summed E-state index contributed by atoms with van der Waals surface area (Å²) in [5, 5.41) is 0. The van der Waals surface area contributed by atoms with Gasteiger partial charge in [0.25, 0.3) is 0 Å². The highest BCUT2D eigenvalue weighted by Gasteiger charge is 2.47. The average molecular weight is 217 g/mol. The minimum Gasteiger partial charge on any atom is -0.271 e. The second kappa shape index (κ2) is 3.82. The van der Waals surface area contributed by atoms with Crippen molar-refractivity contribution in [2.24, 2.45) is 23.6 Å². The second-order valence-corrected chi connectivity index (χ2v) is 5.36. The predicted octanol–water partition coefficient (Wildman–Crippen LogP) is 1.94. The van der Waals surface area contributed by atoms with Crippen LogP contribution in [-0.2, 0) is 0 Å². The highest BCUT2D eigenvalue weighted by atomic mass is 15.2. The molecule has 3 rings (SSSR count). The minimum atomic E-state index is 0.292. The molecule has 0 bridgehead atoms. The van der Waals surface area contributed by atoms with Crippen LogP contribution in [0.3, 0.4) is 0 Å². The van der Waals surface area contributed by atoms with Crippen LogP contribution in [0.2, 0.25) is 0 Å². The van der Waals surface area contributed by atoms with E-state index in [1.165, 1.54) is 24.8 Å². The van der Waals surface area contributed by atoms with Gasteiger partial charge in [-0.15, -0.1) is 0 Å². The van der Waals surface area contributed by atoms with Crippen LogP contribution >= 0.6 is 0 Å². The molecule has 0 radical (unpaired) electrons. The van der Waals surface area contributed by atoms with Crippen molar-refractivity contribution in [3.05, 3.63) is 29.6 Å². The molecule has 0 aliphatic heterocycles. The minimum absolute atomic E-state index is 0.292. The number of pyridine rings is 1. The van der Waals surface area contributed by atoms with E-state index in [0.29, 0.717) is 12.0 Å². The van der Waals surface area contributed by atoms with E-state index in [1.54, 1.807) is 0 Å². The molecule has 2 fully saturated rings. The van der Waals surface area contributed by atoms with E-state index in [-0.39, 0.29) is 0 Å². The molecular weight excluding hydrogens is 198 g/mol. The van der Waals surface area contributed by atoms with Crippen LogP contribution in [-0.4, -0.2) is 4.98 Å². The lowest BCUT2D eigenvalue weighted by atomic mass is 9.90. The molecule has 3 N–H and O–H groups in total. The lowest BCUT2D eigenvalue weighted by Gasteiger charge is -2.24. The summed E-state index contributed by atoms with van der Waals surface area (Å²) in [6.07, 6.45) is 6.10. The predicted molar refractivity (Wildman–Crippen MR) is 63.4 cm³/mol. The second-order valence-electron chi connectivity index (χ2n) is 5.36. The van der Waals surface area contributed by atoms with Gasteiger partial charge in [-0.1, -0.05) is 6.07 Å². The van der Waals surface area contributed by atoms with Crippen molar-refractivity contribution in [3.8, 4) is 0 Å². The molecule has 1 aromatic heterocycles. The molecule has 0 spiro atoms. The summed E-state index contributed by atoms with van der Waals surface area (Å²) in [4.78, 5) is 4.35. The van der Waals surface area contributed by atoms with Gasteiger partial charge in [-0.25, -0.2) is 0 Å². The average Bonchev–Trinajstić information content (AvgIpc) is 2.90. The molecule has 3 nitrogen and oxygen atoms in total. The van der Waals surface area contributed by atoms with Crippen molar-refractivity contribution in [1.82, 2.24) is 10.4 Å². The van der Waals surface area contributed by atoms with Gasteiger partial charge in [0.05, 0.1) is 6.04 Å². The van der Waals surface area contributed by atoms with E-state index >= 15 is 0 Å². The molecule has 2 saturated carbocycles. The zero-order chi connectivity index (χ0) is 11.1. The molecule has 16 heavy (non-hydrogen) atoms. The summed E-state index contributed by atoms with van der Waals surface area (Å²) in [7, 11) is 0. The fourth-order valence-electron chi connectivity index (χ4n) is 3.20. The Labute approximate surface area is 96.4 Å². The first-order chi connectivity index (χ1) is 7.78. The molecule has 0 saturated heterocycles. The van der Waals surface area contributed by atoms with Gasteiger partial charge in [-0.2, -0.15) is 0 Å². The van der Waals surface area contributed by atoms with Crippen LogP contribution in [0.1, 0.15) is 36.6 Å². The van der Waals surface area contributed by atoms with Gasteiger partial charge in [0, 0.05) is 11.9 Å². The first-order valence-corrected chi connectivity index (χ1v) is 6.16. The SMILES string of the molecule is Cc1ccc(C(NN)C2CC3CC3C2)cn1. The summed E-state index contributed by atoms with van der Waals surface area (Å²) < 4.78 is 0. The highest BCUT2D eigenvalue weighted by Crippen LogP contribution is 2.56. The molecule has 3 atom stereocenters. The van der Waals surface area contributed by atoms with Crippen molar-refractivity contribution in [2.45, 2.75) is 32.2 Å². The normalized spacial score (nSPS) is 33.5. The Hall–Kier alpha value is -0.930. The van der Waals surface area contributed by atoms with E-state index in [1.807, 2.05) is 13.1 Å². The molecular formula is C13H19N3. The molecule has 1 heterocycles. The van der Waals surface area contributed by atoms with Gasteiger partial charge in [0.2, 0.25) is 0 Å². The van der Waals surface area contributed by atoms with Crippen LogP contribution in [0.4, 0.5) is 0 Å². The standard InChI is InChI=1S/C13H19N3/c1-8-2-3-9(7-15-8)13(16-14)12-5-10-4-11(10)6-12/h2-3,7,10-13,16H,4-6,14H2,1H3. The van der Waals surface area contributed by atoms with E-state index in [4.69, 9.17) is 5.84 Å². The Morgan fingerprint density at radius 1 is 1.31 bits per heavy atom. The van der Waals surface area contributed by atoms with E-state index in [9.17, 15) is 0 Å². The van der Waals surface area contributed by atoms with E-state index in [2.05, 4.69) is 22.5 Å². The molecule has 3 heteroatoms. The van der Waals surface area contributed by atoms with Gasteiger partial charge < -0.3 is 0 Å². The van der Waals surface area contributed by atoms with Gasteiger partial charge in [-0.05, 0) is 55.6 Å². The number of aromatic nitrogens is 1. The third-order valence-electron chi connectivity index (χ3n) is 4.22. The van der Waals surface area contributed by atoms with Crippen molar-refractivity contribution in [3.63, 3.8) is 0 Å². The maximum Gasteiger partial charge on any atom is 0.0503 e. The molecule has 0 amide bonds. The number of hydrogen-bond donors (Lipinski definition) is 2. The van der Waals surface area contributed by atoms with Crippen molar-refractivity contribution < 1.29 is 0 Å². The number of hydrazine groups is 1. The summed E-state index contributed by atoms with van der Waals surface area (Å²) in [6.45, 7) is 2.01. The summed E-state index contributed by atoms with van der Waals surface area (Å²) in [6, 6.07) is 4.51. The van der Waals surface area contributed by atoms with Crippen LogP contribution in [0.15, 0.2) is 18.3 Å². The Balaban J connectivity index is 1.77. The fourth-order valence-corrected chi connectivity index (χ4v) is 3.20. The molecule has 3 unspecified atom stereocenters. The monoisotopic (exact) mass is 217 g/mol. The maximum atomic E-state index is 5.71. The van der Waals surface area contributed by atoms with E-state index < -0.39 is 0 Å². The largest absolute Gasteiger partial charge is 0.271 e. The highest BCUT2D eigenvalue weighted by molar-refractivity contribution is 5.19. The Morgan fingerprint density at radius 3 is 2.62 bits per heavy atom. The number of aryl methyl sites for hydroxylation is 1. The van der Waals surface area contributed by atoms with Gasteiger partial charge in [0.1, 0.15) is 0 Å². The molecule has 1 aromatic rings. The number of hydrogen-bond acceptors (Lipinski definition) is 3. The van der Waals surface area contributed by atoms with Crippen molar-refractivity contribution >= 4 is 0 Å². The summed E-state index contributed by atoms with van der Waals surface area (Å²) in [5.74, 6) is 8.41. The third-order valence-corrected chi connectivity index (χ3v) is 4.22. The molecule has 2 aliphatic rings. The first-order valence-electron chi connectivity index (χ1n) is 6.16. The third kappa shape index (κ3) is 1.74. The van der Waals surface area contributed by atoms with Crippen LogP contribution in [0, 0.1) is 24.7 Å². The lowest BCUT2D eigenvalue weighted by molar-refractivity contribution is 0.345.